The van der Waals surface area contributed by atoms with Crippen molar-refractivity contribution in [3.8, 4) is 0 Å². The molecule has 1 aliphatic heterocycles. The molecule has 0 aliphatic carbocycles. The van der Waals surface area contributed by atoms with Crippen molar-refractivity contribution >= 4 is 0 Å². The van der Waals surface area contributed by atoms with Gasteiger partial charge in [-0.05, 0) is 39.3 Å². The lowest BCUT2D eigenvalue weighted by Crippen LogP contribution is -2.62. The molecule has 1 aliphatic rings. The van der Waals surface area contributed by atoms with Gasteiger partial charge in [0.2, 0.25) is 0 Å². The smallest absolute Gasteiger partial charge is 0.0847 e. The fourth-order valence-electron chi connectivity index (χ4n) is 2.16. The van der Waals surface area contributed by atoms with Crippen molar-refractivity contribution in [2.24, 2.45) is 5.73 Å². The van der Waals surface area contributed by atoms with Crippen molar-refractivity contribution in [1.82, 2.24) is 5.32 Å². The lowest BCUT2D eigenvalue weighted by atomic mass is 9.73. The van der Waals surface area contributed by atoms with Crippen LogP contribution in [0.3, 0.4) is 0 Å². The van der Waals surface area contributed by atoms with E-state index >= 15 is 0 Å². The minimum atomic E-state index is -0.658. The highest BCUT2D eigenvalue weighted by Crippen LogP contribution is 2.31. The van der Waals surface area contributed by atoms with Crippen molar-refractivity contribution in [2.45, 2.75) is 50.7 Å². The SMILES string of the molecule is CCCC(C)(N)C1(O)CCNCC1. The van der Waals surface area contributed by atoms with Crippen LogP contribution in [0.2, 0.25) is 0 Å². The summed E-state index contributed by atoms with van der Waals surface area (Å²) < 4.78 is 0. The molecule has 0 aromatic heterocycles. The molecule has 1 heterocycles. The maximum Gasteiger partial charge on any atom is 0.0847 e. The molecular weight excluding hydrogens is 164 g/mol. The highest BCUT2D eigenvalue weighted by molar-refractivity contribution is 5.02. The zero-order valence-electron chi connectivity index (χ0n) is 8.77. The second kappa shape index (κ2) is 3.95. The van der Waals surface area contributed by atoms with Crippen LogP contribution in [0.25, 0.3) is 0 Å². The van der Waals surface area contributed by atoms with Crippen LogP contribution in [-0.4, -0.2) is 29.3 Å². The van der Waals surface area contributed by atoms with Gasteiger partial charge < -0.3 is 16.2 Å². The molecule has 0 radical (unpaired) electrons. The van der Waals surface area contributed by atoms with Crippen molar-refractivity contribution in [3.63, 3.8) is 0 Å². The maximum atomic E-state index is 10.4. The predicted molar refractivity (Wildman–Crippen MR) is 54.6 cm³/mol. The molecule has 0 aromatic carbocycles. The Morgan fingerprint density at radius 3 is 2.46 bits per heavy atom. The molecule has 1 rings (SSSR count). The van der Waals surface area contributed by atoms with Gasteiger partial charge in [0.05, 0.1) is 5.60 Å². The van der Waals surface area contributed by atoms with Gasteiger partial charge in [0.25, 0.3) is 0 Å². The molecule has 13 heavy (non-hydrogen) atoms. The van der Waals surface area contributed by atoms with Crippen LogP contribution in [0.4, 0.5) is 0 Å². The second-order valence-corrected chi connectivity index (χ2v) is 4.45. The van der Waals surface area contributed by atoms with E-state index in [1.54, 1.807) is 0 Å². The second-order valence-electron chi connectivity index (χ2n) is 4.45. The first-order chi connectivity index (χ1) is 6.02. The fourth-order valence-corrected chi connectivity index (χ4v) is 2.16. The Bertz CT molecular complexity index is 162. The third kappa shape index (κ3) is 2.22. The first-order valence-electron chi connectivity index (χ1n) is 5.24. The molecular formula is C10H22N2O. The van der Waals surface area contributed by atoms with Crippen LogP contribution in [0.15, 0.2) is 0 Å². The molecule has 0 saturated carbocycles. The van der Waals surface area contributed by atoms with Gasteiger partial charge in [-0.25, -0.2) is 0 Å². The molecule has 1 atom stereocenters. The predicted octanol–water partition coefficient (Wildman–Crippen LogP) is 0.618. The molecule has 0 bridgehead atoms. The maximum absolute atomic E-state index is 10.4. The molecule has 3 heteroatoms. The van der Waals surface area contributed by atoms with E-state index in [1.807, 2.05) is 6.92 Å². The number of hydrogen-bond acceptors (Lipinski definition) is 3. The van der Waals surface area contributed by atoms with Gasteiger partial charge >= 0.3 is 0 Å². The van der Waals surface area contributed by atoms with E-state index in [0.29, 0.717) is 0 Å². The Kier molecular flexibility index (Phi) is 3.33. The third-order valence-corrected chi connectivity index (χ3v) is 3.26. The highest BCUT2D eigenvalue weighted by atomic mass is 16.3. The summed E-state index contributed by atoms with van der Waals surface area (Å²) in [6.07, 6.45) is 3.48. The number of rotatable bonds is 3. The quantitative estimate of drug-likeness (QED) is 0.605. The summed E-state index contributed by atoms with van der Waals surface area (Å²) in [5.41, 5.74) is 5.07. The van der Waals surface area contributed by atoms with E-state index in [0.717, 1.165) is 38.8 Å². The molecule has 3 nitrogen and oxygen atoms in total. The molecule has 78 valence electrons. The summed E-state index contributed by atoms with van der Waals surface area (Å²) in [5.74, 6) is 0. The van der Waals surface area contributed by atoms with Crippen LogP contribution in [-0.2, 0) is 0 Å². The van der Waals surface area contributed by atoms with Crippen LogP contribution in [0.1, 0.15) is 39.5 Å². The van der Waals surface area contributed by atoms with Crippen LogP contribution in [0.5, 0.6) is 0 Å². The Hall–Kier alpha value is -0.120. The summed E-state index contributed by atoms with van der Waals surface area (Å²) in [4.78, 5) is 0. The molecule has 1 saturated heterocycles. The summed E-state index contributed by atoms with van der Waals surface area (Å²) >= 11 is 0. The Labute approximate surface area is 80.7 Å². The normalized spacial score (nSPS) is 26.8. The van der Waals surface area contributed by atoms with E-state index < -0.39 is 11.1 Å². The minimum Gasteiger partial charge on any atom is -0.388 e. The van der Waals surface area contributed by atoms with E-state index in [-0.39, 0.29) is 0 Å². The minimum absolute atomic E-state index is 0.427. The zero-order valence-corrected chi connectivity index (χ0v) is 8.77. The van der Waals surface area contributed by atoms with Gasteiger partial charge in [-0.15, -0.1) is 0 Å². The molecule has 1 fully saturated rings. The summed E-state index contributed by atoms with van der Waals surface area (Å²) in [6, 6.07) is 0. The van der Waals surface area contributed by atoms with Crippen LogP contribution >= 0.6 is 0 Å². The average molecular weight is 186 g/mol. The van der Waals surface area contributed by atoms with Gasteiger partial charge in [-0.1, -0.05) is 13.3 Å². The molecule has 4 N–H and O–H groups in total. The summed E-state index contributed by atoms with van der Waals surface area (Å²) in [5, 5.41) is 13.6. The number of nitrogens with two attached hydrogens (primary N) is 1. The average Bonchev–Trinajstić information content (AvgIpc) is 2.05. The van der Waals surface area contributed by atoms with Gasteiger partial charge in [0.15, 0.2) is 0 Å². The van der Waals surface area contributed by atoms with Crippen molar-refractivity contribution in [3.05, 3.63) is 0 Å². The van der Waals surface area contributed by atoms with E-state index in [4.69, 9.17) is 5.73 Å². The lowest BCUT2D eigenvalue weighted by molar-refractivity contribution is -0.0559. The van der Waals surface area contributed by atoms with Crippen LogP contribution < -0.4 is 11.1 Å². The lowest BCUT2D eigenvalue weighted by Gasteiger charge is -2.45. The first kappa shape index (κ1) is 11.0. The van der Waals surface area contributed by atoms with E-state index in [2.05, 4.69) is 12.2 Å². The zero-order chi connectivity index (χ0) is 9.95. The molecule has 1 unspecified atom stereocenters. The fraction of sp³-hybridized carbons (Fsp3) is 1.00. The Balaban J connectivity index is 2.64. The van der Waals surface area contributed by atoms with Crippen molar-refractivity contribution < 1.29 is 5.11 Å². The highest BCUT2D eigenvalue weighted by Gasteiger charge is 2.43. The van der Waals surface area contributed by atoms with Gasteiger partial charge in [0.1, 0.15) is 0 Å². The summed E-state index contributed by atoms with van der Waals surface area (Å²) in [7, 11) is 0. The monoisotopic (exact) mass is 186 g/mol. The molecule has 0 amide bonds. The number of hydrogen-bond donors (Lipinski definition) is 3. The first-order valence-corrected chi connectivity index (χ1v) is 5.24. The van der Waals surface area contributed by atoms with Gasteiger partial charge in [0, 0.05) is 5.54 Å². The number of piperidine rings is 1. The van der Waals surface area contributed by atoms with E-state index in [9.17, 15) is 5.11 Å². The Morgan fingerprint density at radius 1 is 1.46 bits per heavy atom. The largest absolute Gasteiger partial charge is 0.388 e. The molecule has 0 spiro atoms. The van der Waals surface area contributed by atoms with Gasteiger partial charge in [-0.3, -0.25) is 0 Å². The Morgan fingerprint density at radius 2 is 2.00 bits per heavy atom. The standard InChI is InChI=1S/C10H22N2O/c1-3-4-9(2,11)10(13)5-7-12-8-6-10/h12-13H,3-8,11H2,1-2H3. The van der Waals surface area contributed by atoms with Gasteiger partial charge in [-0.2, -0.15) is 0 Å². The summed E-state index contributed by atoms with van der Waals surface area (Å²) in [6.45, 7) is 5.84. The third-order valence-electron chi connectivity index (χ3n) is 3.26. The van der Waals surface area contributed by atoms with E-state index in [1.165, 1.54) is 0 Å². The molecule has 0 aromatic rings. The number of aliphatic hydroxyl groups is 1. The van der Waals surface area contributed by atoms with Crippen molar-refractivity contribution in [1.29, 1.82) is 0 Å². The van der Waals surface area contributed by atoms with Crippen molar-refractivity contribution in [2.75, 3.05) is 13.1 Å². The van der Waals surface area contributed by atoms with Crippen LogP contribution in [0, 0.1) is 0 Å². The topological polar surface area (TPSA) is 58.3 Å². The number of nitrogens with one attached hydrogen (secondary N) is 1.